The van der Waals surface area contributed by atoms with Crippen LogP contribution in [0.2, 0.25) is 0 Å². The highest BCUT2D eigenvalue weighted by molar-refractivity contribution is 4.66. The summed E-state index contributed by atoms with van der Waals surface area (Å²) in [5.74, 6) is 0. The predicted molar refractivity (Wildman–Crippen MR) is 58.6 cm³/mol. The van der Waals surface area contributed by atoms with Gasteiger partial charge in [0.05, 0.1) is 12.7 Å². The maximum atomic E-state index is 9.47. The summed E-state index contributed by atoms with van der Waals surface area (Å²) in [6.07, 6.45) is 5.85. The molecule has 4 nitrogen and oxygen atoms in total. The highest BCUT2D eigenvalue weighted by Crippen LogP contribution is 2.11. The Morgan fingerprint density at radius 3 is 2.20 bits per heavy atom. The largest absolute Gasteiger partial charge is 0.393 e. The van der Waals surface area contributed by atoms with Gasteiger partial charge in [0.25, 0.3) is 0 Å². The van der Waals surface area contributed by atoms with E-state index in [1.54, 1.807) is 0 Å². The SMILES string of the molecule is CCCCCCCCC(O)C(CO)OO. The molecule has 0 heterocycles. The molecule has 0 radical (unpaired) electrons. The second-order valence-electron chi connectivity index (χ2n) is 3.95. The zero-order chi connectivity index (χ0) is 11.5. The number of unbranched alkanes of at least 4 members (excludes halogenated alkanes) is 5. The predicted octanol–water partition coefficient (Wildman–Crippen LogP) is 1.95. The van der Waals surface area contributed by atoms with Crippen LogP contribution in [-0.4, -0.2) is 34.3 Å². The molecule has 2 unspecified atom stereocenters. The Bertz CT molecular complexity index is 126. The molecule has 0 aromatic rings. The van der Waals surface area contributed by atoms with Crippen molar-refractivity contribution in [2.75, 3.05) is 6.61 Å². The van der Waals surface area contributed by atoms with Crippen LogP contribution in [0.3, 0.4) is 0 Å². The third-order valence-electron chi connectivity index (χ3n) is 2.60. The second-order valence-corrected chi connectivity index (χ2v) is 3.95. The van der Waals surface area contributed by atoms with E-state index >= 15 is 0 Å². The van der Waals surface area contributed by atoms with Crippen LogP contribution in [0, 0.1) is 0 Å². The van der Waals surface area contributed by atoms with Gasteiger partial charge in [-0.1, -0.05) is 45.4 Å². The molecule has 0 rings (SSSR count). The van der Waals surface area contributed by atoms with Gasteiger partial charge in [-0.15, -0.1) is 0 Å². The van der Waals surface area contributed by atoms with Crippen LogP contribution in [0.1, 0.15) is 51.9 Å². The Hall–Kier alpha value is -0.160. The summed E-state index contributed by atoms with van der Waals surface area (Å²) in [5.41, 5.74) is 0. The van der Waals surface area contributed by atoms with Crippen molar-refractivity contribution in [1.82, 2.24) is 0 Å². The van der Waals surface area contributed by atoms with Crippen molar-refractivity contribution in [3.05, 3.63) is 0 Å². The average Bonchev–Trinajstić information content (AvgIpc) is 2.25. The third-order valence-corrected chi connectivity index (χ3v) is 2.60. The summed E-state index contributed by atoms with van der Waals surface area (Å²) in [6.45, 7) is 1.82. The van der Waals surface area contributed by atoms with E-state index in [0.29, 0.717) is 6.42 Å². The van der Waals surface area contributed by atoms with Crippen molar-refractivity contribution in [3.8, 4) is 0 Å². The van der Waals surface area contributed by atoms with Crippen LogP contribution in [0.4, 0.5) is 0 Å². The summed E-state index contributed by atoms with van der Waals surface area (Å²) in [4.78, 5) is 3.96. The van der Waals surface area contributed by atoms with Gasteiger partial charge in [0, 0.05) is 0 Å². The normalized spacial score (nSPS) is 15.2. The lowest BCUT2D eigenvalue weighted by atomic mass is 10.0. The first-order valence-electron chi connectivity index (χ1n) is 5.85. The molecular formula is C11H24O4. The minimum atomic E-state index is -0.861. The van der Waals surface area contributed by atoms with E-state index < -0.39 is 12.2 Å². The fourth-order valence-corrected chi connectivity index (χ4v) is 1.54. The standard InChI is InChI=1S/C11H24O4/c1-2-3-4-5-6-7-8-10(13)11(9-12)15-14/h10-14H,2-9H2,1H3. The highest BCUT2D eigenvalue weighted by Gasteiger charge is 2.18. The van der Waals surface area contributed by atoms with Gasteiger partial charge in [-0.05, 0) is 6.42 Å². The fraction of sp³-hybridized carbons (Fsp3) is 1.00. The first-order valence-corrected chi connectivity index (χ1v) is 5.85. The van der Waals surface area contributed by atoms with Crippen LogP contribution in [0.25, 0.3) is 0 Å². The Balaban J connectivity index is 3.33. The molecule has 0 amide bonds. The number of rotatable bonds is 10. The Morgan fingerprint density at radius 2 is 1.67 bits per heavy atom. The van der Waals surface area contributed by atoms with Gasteiger partial charge in [-0.2, -0.15) is 0 Å². The van der Waals surface area contributed by atoms with E-state index in [2.05, 4.69) is 11.8 Å². The van der Waals surface area contributed by atoms with E-state index in [9.17, 15) is 5.11 Å². The molecule has 0 saturated carbocycles. The molecule has 15 heavy (non-hydrogen) atoms. The molecule has 0 aromatic carbocycles. The lowest BCUT2D eigenvalue weighted by Crippen LogP contribution is -2.31. The van der Waals surface area contributed by atoms with Gasteiger partial charge in [0.15, 0.2) is 0 Å². The maximum Gasteiger partial charge on any atom is 0.141 e. The smallest absolute Gasteiger partial charge is 0.141 e. The number of hydrogen-bond donors (Lipinski definition) is 3. The van der Waals surface area contributed by atoms with E-state index in [0.717, 1.165) is 12.8 Å². The van der Waals surface area contributed by atoms with E-state index in [1.165, 1.54) is 25.7 Å². The molecule has 0 fully saturated rings. The van der Waals surface area contributed by atoms with Crippen LogP contribution >= 0.6 is 0 Å². The molecule has 0 aliphatic heterocycles. The van der Waals surface area contributed by atoms with Crippen molar-refractivity contribution < 1.29 is 20.4 Å². The average molecular weight is 220 g/mol. The summed E-state index contributed by atoms with van der Waals surface area (Å²) in [6, 6.07) is 0. The minimum absolute atomic E-state index is 0.354. The van der Waals surface area contributed by atoms with Crippen molar-refractivity contribution >= 4 is 0 Å². The second kappa shape index (κ2) is 10.4. The Labute approximate surface area is 91.8 Å². The van der Waals surface area contributed by atoms with Gasteiger partial charge < -0.3 is 10.2 Å². The molecule has 0 bridgehead atoms. The van der Waals surface area contributed by atoms with Crippen molar-refractivity contribution in [2.24, 2.45) is 0 Å². The van der Waals surface area contributed by atoms with Crippen LogP contribution in [0.15, 0.2) is 0 Å². The zero-order valence-electron chi connectivity index (χ0n) is 9.56. The topological polar surface area (TPSA) is 69.9 Å². The van der Waals surface area contributed by atoms with E-state index in [-0.39, 0.29) is 6.61 Å². The van der Waals surface area contributed by atoms with Gasteiger partial charge in [0.2, 0.25) is 0 Å². The minimum Gasteiger partial charge on any atom is -0.393 e. The summed E-state index contributed by atoms with van der Waals surface area (Å²) >= 11 is 0. The summed E-state index contributed by atoms with van der Waals surface area (Å²) in [7, 11) is 0. The first-order chi connectivity index (χ1) is 7.26. The summed E-state index contributed by atoms with van der Waals surface area (Å²) < 4.78 is 0. The Kier molecular flexibility index (Phi) is 10.3. The molecule has 0 aliphatic carbocycles. The lowest BCUT2D eigenvalue weighted by molar-refractivity contribution is -0.303. The number of aliphatic hydroxyl groups excluding tert-OH is 2. The molecular weight excluding hydrogens is 196 g/mol. The quantitative estimate of drug-likeness (QED) is 0.299. The zero-order valence-corrected chi connectivity index (χ0v) is 9.56. The van der Waals surface area contributed by atoms with Crippen LogP contribution < -0.4 is 0 Å². The molecule has 92 valence electrons. The van der Waals surface area contributed by atoms with Crippen molar-refractivity contribution in [3.63, 3.8) is 0 Å². The van der Waals surface area contributed by atoms with E-state index in [1.807, 2.05) is 0 Å². The molecule has 0 saturated heterocycles. The van der Waals surface area contributed by atoms with Gasteiger partial charge in [-0.25, -0.2) is 4.89 Å². The summed E-state index contributed by atoms with van der Waals surface area (Å²) in [5, 5.41) is 26.5. The van der Waals surface area contributed by atoms with Gasteiger partial charge in [0.1, 0.15) is 6.10 Å². The number of aliphatic hydroxyl groups is 2. The van der Waals surface area contributed by atoms with Crippen LogP contribution in [-0.2, 0) is 4.89 Å². The molecule has 0 spiro atoms. The van der Waals surface area contributed by atoms with Crippen LogP contribution in [0.5, 0.6) is 0 Å². The molecule has 2 atom stereocenters. The first kappa shape index (κ1) is 14.8. The van der Waals surface area contributed by atoms with Crippen molar-refractivity contribution in [2.45, 2.75) is 64.1 Å². The van der Waals surface area contributed by atoms with Gasteiger partial charge >= 0.3 is 0 Å². The van der Waals surface area contributed by atoms with Gasteiger partial charge in [-0.3, -0.25) is 5.26 Å². The molecule has 0 aromatic heterocycles. The molecule has 3 N–H and O–H groups in total. The monoisotopic (exact) mass is 220 g/mol. The lowest BCUT2D eigenvalue weighted by Gasteiger charge is -2.17. The van der Waals surface area contributed by atoms with Crippen molar-refractivity contribution in [1.29, 1.82) is 0 Å². The number of hydrogen-bond acceptors (Lipinski definition) is 4. The maximum absolute atomic E-state index is 9.47. The Morgan fingerprint density at radius 1 is 1.07 bits per heavy atom. The molecule has 0 aliphatic rings. The third kappa shape index (κ3) is 7.73. The molecule has 4 heteroatoms. The fourth-order valence-electron chi connectivity index (χ4n) is 1.54. The highest BCUT2D eigenvalue weighted by atomic mass is 17.1. The van der Waals surface area contributed by atoms with E-state index in [4.69, 9.17) is 10.4 Å².